The summed E-state index contributed by atoms with van der Waals surface area (Å²) in [4.78, 5) is 11.8. The van der Waals surface area contributed by atoms with Gasteiger partial charge in [-0.05, 0) is 31.6 Å². The van der Waals surface area contributed by atoms with Crippen molar-refractivity contribution in [3.05, 3.63) is 0 Å². The lowest BCUT2D eigenvalue weighted by Crippen LogP contribution is -2.47. The molecule has 2 saturated carbocycles. The van der Waals surface area contributed by atoms with E-state index in [1.165, 1.54) is 32.1 Å². The first-order chi connectivity index (χ1) is 7.75. The van der Waals surface area contributed by atoms with Gasteiger partial charge in [-0.2, -0.15) is 0 Å². The number of hydrogen-bond acceptors (Lipinski definition) is 1. The maximum Gasteiger partial charge on any atom is 0.315 e. The van der Waals surface area contributed by atoms with E-state index in [0.717, 1.165) is 19.3 Å². The van der Waals surface area contributed by atoms with E-state index >= 15 is 0 Å². The lowest BCUT2D eigenvalue weighted by molar-refractivity contribution is 0.226. The smallest absolute Gasteiger partial charge is 0.315 e. The van der Waals surface area contributed by atoms with E-state index < -0.39 is 0 Å². The summed E-state index contributed by atoms with van der Waals surface area (Å²) in [6.07, 6.45) is 9.86. The Morgan fingerprint density at radius 1 is 0.938 bits per heavy atom. The average Bonchev–Trinajstić information content (AvgIpc) is 2.66. The first-order valence-electron chi connectivity index (χ1n) is 6.83. The maximum atomic E-state index is 11.8. The molecule has 0 saturated heterocycles. The summed E-state index contributed by atoms with van der Waals surface area (Å²) >= 11 is 0. The summed E-state index contributed by atoms with van der Waals surface area (Å²) in [5, 5.41) is 6.24. The van der Waals surface area contributed by atoms with Crippen LogP contribution in [-0.2, 0) is 0 Å². The third-order valence-electron chi connectivity index (χ3n) is 4.12. The van der Waals surface area contributed by atoms with E-state index in [4.69, 9.17) is 0 Å². The van der Waals surface area contributed by atoms with Crippen molar-refractivity contribution in [3.63, 3.8) is 0 Å². The van der Waals surface area contributed by atoms with Crippen molar-refractivity contribution < 1.29 is 4.79 Å². The lowest BCUT2D eigenvalue weighted by atomic mass is 9.96. The number of hydrogen-bond donors (Lipinski definition) is 2. The summed E-state index contributed by atoms with van der Waals surface area (Å²) < 4.78 is 0. The molecule has 0 spiro atoms. The van der Waals surface area contributed by atoms with Crippen LogP contribution in [0, 0.1) is 5.92 Å². The van der Waals surface area contributed by atoms with Crippen LogP contribution in [0.15, 0.2) is 0 Å². The van der Waals surface area contributed by atoms with Crippen LogP contribution in [0.5, 0.6) is 0 Å². The predicted octanol–water partition coefficient (Wildman–Crippen LogP) is 2.81. The van der Waals surface area contributed by atoms with Crippen molar-refractivity contribution in [1.82, 2.24) is 10.6 Å². The minimum absolute atomic E-state index is 0.0608. The topological polar surface area (TPSA) is 41.1 Å². The second-order valence-corrected chi connectivity index (χ2v) is 5.47. The van der Waals surface area contributed by atoms with Gasteiger partial charge >= 0.3 is 6.03 Å². The van der Waals surface area contributed by atoms with Crippen LogP contribution < -0.4 is 10.6 Å². The van der Waals surface area contributed by atoms with E-state index in [-0.39, 0.29) is 6.03 Å². The molecule has 2 amide bonds. The minimum atomic E-state index is 0.0608. The van der Waals surface area contributed by atoms with E-state index in [9.17, 15) is 4.79 Å². The standard InChI is InChI=1S/C13H24N2O/c1-10-6-5-9-12(10)15-13(16)14-11-7-3-2-4-8-11/h10-12H,2-9H2,1H3,(H2,14,15,16). The molecule has 92 valence electrons. The molecule has 2 aliphatic rings. The van der Waals surface area contributed by atoms with Gasteiger partial charge in [0.25, 0.3) is 0 Å². The van der Waals surface area contributed by atoms with Crippen LogP contribution >= 0.6 is 0 Å². The van der Waals surface area contributed by atoms with Gasteiger partial charge < -0.3 is 10.6 Å². The van der Waals surface area contributed by atoms with Crippen LogP contribution in [0.1, 0.15) is 58.3 Å². The second-order valence-electron chi connectivity index (χ2n) is 5.47. The fourth-order valence-electron chi connectivity index (χ4n) is 3.00. The first-order valence-corrected chi connectivity index (χ1v) is 6.83. The van der Waals surface area contributed by atoms with Gasteiger partial charge in [0.1, 0.15) is 0 Å². The normalized spacial score (nSPS) is 31.3. The number of rotatable bonds is 2. The highest BCUT2D eigenvalue weighted by atomic mass is 16.2. The second kappa shape index (κ2) is 5.55. The van der Waals surface area contributed by atoms with Crippen LogP contribution in [0.2, 0.25) is 0 Å². The van der Waals surface area contributed by atoms with Gasteiger partial charge in [0, 0.05) is 12.1 Å². The molecule has 0 aliphatic heterocycles. The fourth-order valence-corrected chi connectivity index (χ4v) is 3.00. The highest BCUT2D eigenvalue weighted by molar-refractivity contribution is 5.74. The van der Waals surface area contributed by atoms with Gasteiger partial charge in [-0.1, -0.05) is 32.6 Å². The SMILES string of the molecule is CC1CCCC1NC(=O)NC1CCCCC1. The summed E-state index contributed by atoms with van der Waals surface area (Å²) in [5.41, 5.74) is 0. The number of carbonyl (C=O) groups is 1. The molecule has 2 unspecified atom stereocenters. The number of urea groups is 1. The Balaban J connectivity index is 1.70. The summed E-state index contributed by atoms with van der Waals surface area (Å²) in [5.74, 6) is 0.650. The molecule has 3 heteroatoms. The van der Waals surface area contributed by atoms with Crippen molar-refractivity contribution >= 4 is 6.03 Å². The predicted molar refractivity (Wildman–Crippen MR) is 65.3 cm³/mol. The molecule has 0 heterocycles. The van der Waals surface area contributed by atoms with Crippen LogP contribution in [-0.4, -0.2) is 18.1 Å². The number of amides is 2. The molecule has 0 aromatic heterocycles. The number of carbonyl (C=O) groups excluding carboxylic acids is 1. The Bertz CT molecular complexity index is 236. The van der Waals surface area contributed by atoms with Crippen molar-refractivity contribution in [3.8, 4) is 0 Å². The van der Waals surface area contributed by atoms with Crippen LogP contribution in [0.3, 0.4) is 0 Å². The Hall–Kier alpha value is -0.730. The lowest BCUT2D eigenvalue weighted by Gasteiger charge is -2.25. The molecule has 0 aromatic carbocycles. The molecule has 0 bridgehead atoms. The maximum absolute atomic E-state index is 11.8. The van der Waals surface area contributed by atoms with Gasteiger partial charge in [0.15, 0.2) is 0 Å². The zero-order valence-corrected chi connectivity index (χ0v) is 10.3. The minimum Gasteiger partial charge on any atom is -0.335 e. The van der Waals surface area contributed by atoms with Gasteiger partial charge in [0.05, 0.1) is 0 Å². The Labute approximate surface area is 98.4 Å². The van der Waals surface area contributed by atoms with Crippen LogP contribution in [0.4, 0.5) is 4.79 Å². The van der Waals surface area contributed by atoms with Crippen molar-refractivity contribution in [2.24, 2.45) is 5.92 Å². The zero-order valence-electron chi connectivity index (χ0n) is 10.3. The quantitative estimate of drug-likeness (QED) is 0.744. The monoisotopic (exact) mass is 224 g/mol. The van der Waals surface area contributed by atoms with E-state index in [1.807, 2.05) is 0 Å². The summed E-state index contributed by atoms with van der Waals surface area (Å²) in [6.45, 7) is 2.23. The summed E-state index contributed by atoms with van der Waals surface area (Å²) in [6, 6.07) is 0.889. The van der Waals surface area contributed by atoms with E-state index in [1.54, 1.807) is 0 Å². The van der Waals surface area contributed by atoms with Crippen molar-refractivity contribution in [2.75, 3.05) is 0 Å². The zero-order chi connectivity index (χ0) is 11.4. The molecular formula is C13H24N2O. The Kier molecular flexibility index (Phi) is 4.08. The van der Waals surface area contributed by atoms with Crippen molar-refractivity contribution in [1.29, 1.82) is 0 Å². The fraction of sp³-hybridized carbons (Fsp3) is 0.923. The van der Waals surface area contributed by atoms with Gasteiger partial charge in [0.2, 0.25) is 0 Å². The highest BCUT2D eigenvalue weighted by Crippen LogP contribution is 2.24. The van der Waals surface area contributed by atoms with Crippen LogP contribution in [0.25, 0.3) is 0 Å². The Morgan fingerprint density at radius 2 is 1.69 bits per heavy atom. The molecule has 2 N–H and O–H groups in total. The third kappa shape index (κ3) is 3.13. The average molecular weight is 224 g/mol. The summed E-state index contributed by atoms with van der Waals surface area (Å²) in [7, 11) is 0. The largest absolute Gasteiger partial charge is 0.335 e. The molecule has 0 aromatic rings. The molecule has 2 aliphatic carbocycles. The molecule has 2 fully saturated rings. The molecular weight excluding hydrogens is 200 g/mol. The molecule has 2 atom stereocenters. The van der Waals surface area contributed by atoms with Gasteiger partial charge in [-0.3, -0.25) is 0 Å². The van der Waals surface area contributed by atoms with Gasteiger partial charge in [-0.15, -0.1) is 0 Å². The Morgan fingerprint density at radius 3 is 2.31 bits per heavy atom. The van der Waals surface area contributed by atoms with Gasteiger partial charge in [-0.25, -0.2) is 4.79 Å². The molecule has 3 nitrogen and oxygen atoms in total. The third-order valence-corrected chi connectivity index (χ3v) is 4.12. The first kappa shape index (κ1) is 11.7. The molecule has 0 radical (unpaired) electrons. The van der Waals surface area contributed by atoms with E-state index in [2.05, 4.69) is 17.6 Å². The number of nitrogens with one attached hydrogen (secondary N) is 2. The molecule has 16 heavy (non-hydrogen) atoms. The van der Waals surface area contributed by atoms with E-state index in [0.29, 0.717) is 18.0 Å². The highest BCUT2D eigenvalue weighted by Gasteiger charge is 2.25. The van der Waals surface area contributed by atoms with Crippen molar-refractivity contribution in [2.45, 2.75) is 70.4 Å². The molecule has 2 rings (SSSR count).